The molecule has 1 atom stereocenters. The average Bonchev–Trinajstić information content (AvgIpc) is 2.93. The topological polar surface area (TPSA) is 70.0 Å². The predicted octanol–water partition coefficient (Wildman–Crippen LogP) is 3.96. The zero-order valence-corrected chi connectivity index (χ0v) is 15.2. The molecule has 24 heavy (non-hydrogen) atoms. The first-order valence-corrected chi connectivity index (χ1v) is 9.97. The van der Waals surface area contributed by atoms with Crippen LogP contribution < -0.4 is 5.32 Å². The zero-order chi connectivity index (χ0) is 17.5. The Morgan fingerprint density at radius 2 is 2.08 bits per heavy atom. The SMILES string of the molecule is CS(=O)(=O)c1ccc(C#N)cc1NC1CCc2c1ccc(F)c2Br. The molecule has 1 aliphatic rings. The van der Waals surface area contributed by atoms with Crippen molar-refractivity contribution >= 4 is 31.5 Å². The van der Waals surface area contributed by atoms with Crippen LogP contribution in [0.25, 0.3) is 0 Å². The first kappa shape index (κ1) is 16.9. The van der Waals surface area contributed by atoms with Crippen LogP contribution in [0.15, 0.2) is 39.7 Å². The second-order valence-electron chi connectivity index (χ2n) is 5.76. The Hall–Kier alpha value is -1.91. The lowest BCUT2D eigenvalue weighted by Gasteiger charge is -2.18. The largest absolute Gasteiger partial charge is 0.377 e. The Bertz CT molecular complexity index is 967. The number of fused-ring (bicyclic) bond motifs is 1. The van der Waals surface area contributed by atoms with Crippen molar-refractivity contribution in [1.29, 1.82) is 5.26 Å². The molecular weight excluding hydrogens is 395 g/mol. The standard InChI is InChI=1S/C17H14BrFN2O2S/c1-24(22,23)16-7-2-10(9-20)8-15(16)21-14-6-4-12-11(14)3-5-13(19)17(12)18/h2-3,5,7-8,14,21H,4,6H2,1H3. The number of benzene rings is 2. The minimum atomic E-state index is -3.43. The summed E-state index contributed by atoms with van der Waals surface area (Å²) in [5.74, 6) is -0.308. The number of nitrogens with one attached hydrogen (secondary N) is 1. The van der Waals surface area contributed by atoms with Gasteiger partial charge in [-0.3, -0.25) is 0 Å². The van der Waals surface area contributed by atoms with Crippen LogP contribution in [-0.2, 0) is 16.3 Å². The van der Waals surface area contributed by atoms with E-state index in [1.54, 1.807) is 6.07 Å². The molecule has 0 saturated carbocycles. The van der Waals surface area contributed by atoms with Crippen LogP contribution in [0.3, 0.4) is 0 Å². The lowest BCUT2D eigenvalue weighted by molar-refractivity contribution is 0.602. The normalized spacial score (nSPS) is 16.5. The maximum Gasteiger partial charge on any atom is 0.177 e. The van der Waals surface area contributed by atoms with Crippen LogP contribution in [0.4, 0.5) is 10.1 Å². The Morgan fingerprint density at radius 3 is 2.75 bits per heavy atom. The monoisotopic (exact) mass is 408 g/mol. The quantitative estimate of drug-likeness (QED) is 0.833. The summed E-state index contributed by atoms with van der Waals surface area (Å²) in [4.78, 5) is 0.149. The van der Waals surface area contributed by atoms with E-state index in [2.05, 4.69) is 21.2 Å². The molecule has 0 aromatic heterocycles. The fourth-order valence-corrected chi connectivity index (χ4v) is 4.40. The highest BCUT2D eigenvalue weighted by Crippen LogP contribution is 2.39. The highest BCUT2D eigenvalue weighted by molar-refractivity contribution is 9.10. The van der Waals surface area contributed by atoms with Gasteiger partial charge in [-0.1, -0.05) is 6.07 Å². The number of nitriles is 1. The average molecular weight is 409 g/mol. The second kappa shape index (κ2) is 6.19. The molecule has 7 heteroatoms. The van der Waals surface area contributed by atoms with Crippen molar-refractivity contribution in [3.05, 3.63) is 57.3 Å². The Morgan fingerprint density at radius 1 is 1.33 bits per heavy atom. The van der Waals surface area contributed by atoms with Gasteiger partial charge in [-0.2, -0.15) is 5.26 Å². The molecule has 3 rings (SSSR count). The molecule has 2 aromatic rings. The third-order valence-electron chi connectivity index (χ3n) is 4.13. The summed E-state index contributed by atoms with van der Waals surface area (Å²) in [6, 6.07) is 9.45. The first-order valence-electron chi connectivity index (χ1n) is 7.29. The van der Waals surface area contributed by atoms with Gasteiger partial charge in [0.15, 0.2) is 9.84 Å². The third kappa shape index (κ3) is 3.04. The maximum atomic E-state index is 13.7. The smallest absolute Gasteiger partial charge is 0.177 e. The van der Waals surface area contributed by atoms with E-state index in [9.17, 15) is 12.8 Å². The second-order valence-corrected chi connectivity index (χ2v) is 8.54. The van der Waals surface area contributed by atoms with Gasteiger partial charge in [-0.15, -0.1) is 0 Å². The van der Waals surface area contributed by atoms with Gasteiger partial charge in [0.05, 0.1) is 32.7 Å². The van der Waals surface area contributed by atoms with Crippen LogP contribution in [0.2, 0.25) is 0 Å². The molecule has 1 aliphatic carbocycles. The number of halogens is 2. The van der Waals surface area contributed by atoms with Gasteiger partial charge >= 0.3 is 0 Å². The molecular formula is C17H14BrFN2O2S. The lowest BCUT2D eigenvalue weighted by Crippen LogP contribution is -2.11. The first-order chi connectivity index (χ1) is 11.3. The molecule has 2 aromatic carbocycles. The van der Waals surface area contributed by atoms with Crippen molar-refractivity contribution in [1.82, 2.24) is 0 Å². The van der Waals surface area contributed by atoms with Crippen LogP contribution in [0.1, 0.15) is 29.2 Å². The molecule has 0 radical (unpaired) electrons. The number of rotatable bonds is 3. The van der Waals surface area contributed by atoms with Crippen LogP contribution in [0, 0.1) is 17.1 Å². The van der Waals surface area contributed by atoms with Crippen LogP contribution >= 0.6 is 15.9 Å². The van der Waals surface area contributed by atoms with E-state index in [0.29, 0.717) is 22.1 Å². The predicted molar refractivity (Wildman–Crippen MR) is 93.1 cm³/mol. The highest BCUT2D eigenvalue weighted by Gasteiger charge is 2.27. The molecule has 4 nitrogen and oxygen atoms in total. The van der Waals surface area contributed by atoms with Gasteiger partial charge < -0.3 is 5.32 Å². The van der Waals surface area contributed by atoms with E-state index in [4.69, 9.17) is 5.26 Å². The summed E-state index contributed by atoms with van der Waals surface area (Å²) in [5, 5.41) is 12.3. The summed E-state index contributed by atoms with van der Waals surface area (Å²) in [7, 11) is -3.43. The summed E-state index contributed by atoms with van der Waals surface area (Å²) in [6.07, 6.45) is 2.54. The molecule has 0 saturated heterocycles. The lowest BCUT2D eigenvalue weighted by atomic mass is 10.1. The fraction of sp³-hybridized carbons (Fsp3) is 0.235. The van der Waals surface area contributed by atoms with Crippen molar-refractivity contribution in [2.24, 2.45) is 0 Å². The molecule has 0 amide bonds. The number of sulfone groups is 1. The summed E-state index contributed by atoms with van der Waals surface area (Å²) >= 11 is 3.27. The minimum absolute atomic E-state index is 0.133. The van der Waals surface area contributed by atoms with E-state index in [1.807, 2.05) is 6.07 Å². The fourth-order valence-electron chi connectivity index (χ4n) is 3.01. The Balaban J connectivity index is 2.03. The molecule has 1 unspecified atom stereocenters. The van der Waals surface area contributed by atoms with Crippen LogP contribution in [0.5, 0.6) is 0 Å². The van der Waals surface area contributed by atoms with Crippen molar-refractivity contribution in [3.63, 3.8) is 0 Å². The number of nitrogens with zero attached hydrogens (tertiary/aromatic N) is 1. The van der Waals surface area contributed by atoms with Crippen molar-refractivity contribution in [3.8, 4) is 6.07 Å². The van der Waals surface area contributed by atoms with E-state index < -0.39 is 9.84 Å². The van der Waals surface area contributed by atoms with Crippen LogP contribution in [-0.4, -0.2) is 14.7 Å². The summed E-state index contributed by atoms with van der Waals surface area (Å²) in [6.45, 7) is 0. The zero-order valence-electron chi connectivity index (χ0n) is 12.8. The van der Waals surface area contributed by atoms with Crippen molar-refractivity contribution in [2.45, 2.75) is 23.8 Å². The number of anilines is 1. The van der Waals surface area contributed by atoms with E-state index >= 15 is 0 Å². The Labute approximate surface area is 148 Å². The van der Waals surface area contributed by atoms with Crippen molar-refractivity contribution in [2.75, 3.05) is 11.6 Å². The minimum Gasteiger partial charge on any atom is -0.377 e. The van der Waals surface area contributed by atoms with Gasteiger partial charge in [0, 0.05) is 6.26 Å². The number of hydrogen-bond acceptors (Lipinski definition) is 4. The summed E-state index contributed by atoms with van der Waals surface area (Å²) in [5.41, 5.74) is 2.60. The Kier molecular flexibility index (Phi) is 4.37. The molecule has 0 heterocycles. The highest BCUT2D eigenvalue weighted by atomic mass is 79.9. The van der Waals surface area contributed by atoms with Crippen molar-refractivity contribution < 1.29 is 12.8 Å². The molecule has 0 aliphatic heterocycles. The van der Waals surface area contributed by atoms with Gasteiger partial charge in [-0.05, 0) is 64.2 Å². The molecule has 0 fully saturated rings. The van der Waals surface area contributed by atoms with E-state index in [0.717, 1.165) is 23.8 Å². The molecule has 0 bridgehead atoms. The van der Waals surface area contributed by atoms with Gasteiger partial charge in [0.2, 0.25) is 0 Å². The summed E-state index contributed by atoms with van der Waals surface area (Å²) < 4.78 is 38.1. The number of hydrogen-bond donors (Lipinski definition) is 1. The molecule has 1 N–H and O–H groups in total. The van der Waals surface area contributed by atoms with Gasteiger partial charge in [0.25, 0.3) is 0 Å². The van der Waals surface area contributed by atoms with Gasteiger partial charge in [-0.25, -0.2) is 12.8 Å². The van der Waals surface area contributed by atoms with E-state index in [-0.39, 0.29) is 16.8 Å². The molecule has 124 valence electrons. The maximum absolute atomic E-state index is 13.7. The molecule has 0 spiro atoms. The van der Waals surface area contributed by atoms with Gasteiger partial charge in [0.1, 0.15) is 5.82 Å². The third-order valence-corrected chi connectivity index (χ3v) is 6.14. The van der Waals surface area contributed by atoms with E-state index in [1.165, 1.54) is 24.3 Å².